The first-order valence-electron chi connectivity index (χ1n) is 7.36. The molecule has 0 amide bonds. The van der Waals surface area contributed by atoms with Gasteiger partial charge >= 0.3 is 7.60 Å². The molecule has 0 saturated carbocycles. The Morgan fingerprint density at radius 3 is 2.19 bits per heavy atom. The molecule has 0 atom stereocenters. The van der Waals surface area contributed by atoms with Crippen molar-refractivity contribution in [2.24, 2.45) is 5.92 Å². The van der Waals surface area contributed by atoms with Crippen molar-refractivity contribution >= 4 is 13.7 Å². The minimum Gasteiger partial charge on any atom is -0.306 e. The van der Waals surface area contributed by atoms with E-state index < -0.39 is 7.60 Å². The summed E-state index contributed by atoms with van der Waals surface area (Å²) in [5.74, 6) is 0.259. The highest BCUT2D eigenvalue weighted by Gasteiger charge is 2.27. The molecule has 0 aliphatic carbocycles. The van der Waals surface area contributed by atoms with Gasteiger partial charge in [-0.25, -0.2) is 0 Å². The Morgan fingerprint density at radius 1 is 1.14 bits per heavy atom. The van der Waals surface area contributed by atoms with E-state index in [1.54, 1.807) is 0 Å². The second-order valence-corrected chi connectivity index (χ2v) is 6.94. The zero-order valence-electron chi connectivity index (χ0n) is 13.3. The lowest BCUT2D eigenvalue weighted by Crippen LogP contribution is -1.99. The van der Waals surface area contributed by atoms with Gasteiger partial charge in [-0.05, 0) is 31.4 Å². The van der Waals surface area contributed by atoms with Gasteiger partial charge in [0.25, 0.3) is 0 Å². The second kappa shape index (κ2) is 8.99. The predicted octanol–water partition coefficient (Wildman–Crippen LogP) is 5.51. The number of rotatable bonds is 8. The summed E-state index contributed by atoms with van der Waals surface area (Å²) < 4.78 is 23.8. The molecule has 1 aromatic carbocycles. The highest BCUT2D eigenvalue weighted by molar-refractivity contribution is 7.58. The van der Waals surface area contributed by atoms with Crippen LogP contribution < -0.4 is 0 Å². The molecule has 0 unspecified atom stereocenters. The summed E-state index contributed by atoms with van der Waals surface area (Å²) in [5, 5.41) is 0.616. The Bertz CT molecular complexity index is 508. The molecular formula is C17H25O3P. The molecule has 1 aromatic rings. The van der Waals surface area contributed by atoms with Gasteiger partial charge < -0.3 is 9.05 Å². The third kappa shape index (κ3) is 6.01. The van der Waals surface area contributed by atoms with E-state index in [9.17, 15) is 4.57 Å². The molecule has 116 valence electrons. The SMILES string of the molecule is CCOP(=O)(OCC)C(/C=C/c1ccccc1)=C/C(C)C. The van der Waals surface area contributed by atoms with Gasteiger partial charge in [-0.15, -0.1) is 0 Å². The van der Waals surface area contributed by atoms with E-state index in [4.69, 9.17) is 9.05 Å². The number of hydrogen-bond acceptors (Lipinski definition) is 3. The van der Waals surface area contributed by atoms with Crippen LogP contribution in [0.5, 0.6) is 0 Å². The topological polar surface area (TPSA) is 35.5 Å². The Labute approximate surface area is 128 Å². The van der Waals surface area contributed by atoms with Crippen molar-refractivity contribution in [1.82, 2.24) is 0 Å². The minimum absolute atomic E-state index is 0.259. The summed E-state index contributed by atoms with van der Waals surface area (Å²) in [6, 6.07) is 9.89. The quantitative estimate of drug-likeness (QED) is 0.469. The van der Waals surface area contributed by atoms with E-state index in [0.717, 1.165) is 5.56 Å². The third-order valence-electron chi connectivity index (χ3n) is 2.66. The largest absolute Gasteiger partial charge is 0.360 e. The molecule has 21 heavy (non-hydrogen) atoms. The van der Waals surface area contributed by atoms with Crippen LogP contribution in [0.1, 0.15) is 33.3 Å². The average Bonchev–Trinajstić information content (AvgIpc) is 2.44. The molecule has 3 nitrogen and oxygen atoms in total. The number of allylic oxidation sites excluding steroid dienone is 3. The maximum absolute atomic E-state index is 12.9. The van der Waals surface area contributed by atoms with Gasteiger partial charge in [-0.2, -0.15) is 0 Å². The van der Waals surface area contributed by atoms with E-state index in [0.29, 0.717) is 18.5 Å². The van der Waals surface area contributed by atoms with Crippen LogP contribution >= 0.6 is 7.60 Å². The molecular weight excluding hydrogens is 283 g/mol. The van der Waals surface area contributed by atoms with Gasteiger partial charge in [0, 0.05) is 0 Å². The van der Waals surface area contributed by atoms with E-state index in [2.05, 4.69) is 0 Å². The van der Waals surface area contributed by atoms with Gasteiger partial charge in [-0.3, -0.25) is 4.57 Å². The summed E-state index contributed by atoms with van der Waals surface area (Å²) in [4.78, 5) is 0. The van der Waals surface area contributed by atoms with Gasteiger partial charge in [0.15, 0.2) is 0 Å². The number of benzene rings is 1. The van der Waals surface area contributed by atoms with Crippen molar-refractivity contribution in [2.45, 2.75) is 27.7 Å². The van der Waals surface area contributed by atoms with Crippen LogP contribution in [0.25, 0.3) is 6.08 Å². The lowest BCUT2D eigenvalue weighted by atomic mass is 10.2. The van der Waals surface area contributed by atoms with E-state index in [1.165, 1.54) is 0 Å². The van der Waals surface area contributed by atoms with Crippen molar-refractivity contribution in [3.8, 4) is 0 Å². The highest BCUT2D eigenvalue weighted by atomic mass is 31.2. The van der Waals surface area contributed by atoms with Gasteiger partial charge in [-0.1, -0.05) is 56.3 Å². The van der Waals surface area contributed by atoms with Crippen LogP contribution in [-0.2, 0) is 13.6 Å². The lowest BCUT2D eigenvalue weighted by Gasteiger charge is -2.18. The Hall–Kier alpha value is -1.15. The lowest BCUT2D eigenvalue weighted by molar-refractivity contribution is 0.227. The fourth-order valence-electron chi connectivity index (χ4n) is 1.85. The molecule has 0 bridgehead atoms. The van der Waals surface area contributed by atoms with Crippen molar-refractivity contribution < 1.29 is 13.6 Å². The Kier molecular flexibility index (Phi) is 7.66. The van der Waals surface area contributed by atoms with E-state index in [1.807, 2.05) is 76.3 Å². The van der Waals surface area contributed by atoms with Crippen LogP contribution in [0.4, 0.5) is 0 Å². The van der Waals surface area contributed by atoms with Crippen LogP contribution in [0.2, 0.25) is 0 Å². The predicted molar refractivity (Wildman–Crippen MR) is 89.3 cm³/mol. The van der Waals surface area contributed by atoms with Crippen molar-refractivity contribution in [3.63, 3.8) is 0 Å². The maximum Gasteiger partial charge on any atom is 0.360 e. The van der Waals surface area contributed by atoms with Crippen molar-refractivity contribution in [1.29, 1.82) is 0 Å². The number of hydrogen-bond donors (Lipinski definition) is 0. The first-order valence-corrected chi connectivity index (χ1v) is 8.90. The van der Waals surface area contributed by atoms with Crippen LogP contribution in [0, 0.1) is 5.92 Å². The second-order valence-electron chi connectivity index (χ2n) is 4.91. The summed E-state index contributed by atoms with van der Waals surface area (Å²) in [7, 11) is -3.25. The monoisotopic (exact) mass is 308 g/mol. The zero-order chi connectivity index (χ0) is 15.7. The average molecular weight is 308 g/mol. The molecule has 1 rings (SSSR count). The fraction of sp³-hybridized carbons (Fsp3) is 0.412. The zero-order valence-corrected chi connectivity index (χ0v) is 14.2. The van der Waals surface area contributed by atoms with E-state index in [-0.39, 0.29) is 5.92 Å². The summed E-state index contributed by atoms with van der Waals surface area (Å²) in [6.45, 7) is 8.42. The highest BCUT2D eigenvalue weighted by Crippen LogP contribution is 2.57. The van der Waals surface area contributed by atoms with Gasteiger partial charge in [0.1, 0.15) is 0 Å². The first kappa shape index (κ1) is 17.9. The normalized spacial score (nSPS) is 13.3. The molecule has 0 aliphatic rings. The molecule has 0 N–H and O–H groups in total. The molecule has 0 fully saturated rings. The van der Waals surface area contributed by atoms with Crippen molar-refractivity contribution in [2.75, 3.05) is 13.2 Å². The smallest absolute Gasteiger partial charge is 0.306 e. The minimum atomic E-state index is -3.25. The third-order valence-corrected chi connectivity index (χ3v) is 4.79. The molecule has 4 heteroatoms. The molecule has 0 radical (unpaired) electrons. The first-order chi connectivity index (χ1) is 10.0. The van der Waals surface area contributed by atoms with Crippen LogP contribution in [0.3, 0.4) is 0 Å². The van der Waals surface area contributed by atoms with Crippen LogP contribution in [0.15, 0.2) is 47.8 Å². The molecule has 0 aliphatic heterocycles. The molecule has 0 heterocycles. The van der Waals surface area contributed by atoms with Gasteiger partial charge in [0.2, 0.25) is 0 Å². The van der Waals surface area contributed by atoms with Gasteiger partial charge in [0.05, 0.1) is 18.5 Å². The van der Waals surface area contributed by atoms with E-state index >= 15 is 0 Å². The molecule has 0 spiro atoms. The molecule has 0 aromatic heterocycles. The summed E-state index contributed by atoms with van der Waals surface area (Å²) >= 11 is 0. The summed E-state index contributed by atoms with van der Waals surface area (Å²) in [5.41, 5.74) is 1.05. The summed E-state index contributed by atoms with van der Waals surface area (Å²) in [6.07, 6.45) is 5.70. The standard InChI is InChI=1S/C17H25O3P/c1-5-19-21(18,20-6-2)17(14-15(3)4)13-12-16-10-8-7-9-11-16/h7-15H,5-6H2,1-4H3/b13-12+,17-14+. The Morgan fingerprint density at radius 2 is 1.71 bits per heavy atom. The Balaban J connectivity index is 3.11. The van der Waals surface area contributed by atoms with Crippen LogP contribution in [-0.4, -0.2) is 13.2 Å². The fourth-order valence-corrected chi connectivity index (χ4v) is 3.64. The van der Waals surface area contributed by atoms with Crippen molar-refractivity contribution in [3.05, 3.63) is 53.4 Å². The molecule has 0 saturated heterocycles. The maximum atomic E-state index is 12.9.